The molecule has 2 aromatic rings. The molecule has 0 amide bonds. The lowest BCUT2D eigenvalue weighted by molar-refractivity contribution is 0.169. The van der Waals surface area contributed by atoms with Crippen LogP contribution < -0.4 is 0 Å². The predicted octanol–water partition coefficient (Wildman–Crippen LogP) is 2.51. The minimum atomic E-state index is -1.21. The molecule has 0 aliphatic heterocycles. The summed E-state index contributed by atoms with van der Waals surface area (Å²) in [6.07, 6.45) is 0.192. The second-order valence-electron chi connectivity index (χ2n) is 4.00. The minimum Gasteiger partial charge on any atom is -0.388 e. The fraction of sp³-hybridized carbons (Fsp3) is 0.333. The Kier molecular flexibility index (Phi) is 4.11. The Morgan fingerprint density at radius 2 is 2.11 bits per heavy atom. The monoisotopic (exact) mass is 287 g/mol. The first-order valence-electron chi connectivity index (χ1n) is 5.72. The molecule has 0 bridgehead atoms. The quantitative estimate of drug-likeness (QED) is 0.879. The van der Waals surface area contributed by atoms with Crippen molar-refractivity contribution in [1.82, 2.24) is 14.8 Å². The van der Waals surface area contributed by atoms with Crippen LogP contribution in [0.15, 0.2) is 18.5 Å². The van der Waals surface area contributed by atoms with Crippen molar-refractivity contribution >= 4 is 11.6 Å². The van der Waals surface area contributed by atoms with Gasteiger partial charge in [0.1, 0.15) is 23.8 Å². The summed E-state index contributed by atoms with van der Waals surface area (Å²) in [6, 6.07) is 1.75. The molecule has 1 atom stereocenters. The summed E-state index contributed by atoms with van der Waals surface area (Å²) in [5.41, 5.74) is -0.146. The van der Waals surface area contributed by atoms with Crippen molar-refractivity contribution < 1.29 is 13.9 Å². The number of aryl methyl sites for hydroxylation is 1. The van der Waals surface area contributed by atoms with Crippen LogP contribution >= 0.6 is 11.6 Å². The van der Waals surface area contributed by atoms with Crippen molar-refractivity contribution in [3.05, 3.63) is 46.5 Å². The summed E-state index contributed by atoms with van der Waals surface area (Å²) in [5, 5.41) is 13.6. The molecule has 1 unspecified atom stereocenters. The van der Waals surface area contributed by atoms with Gasteiger partial charge in [0, 0.05) is 18.5 Å². The number of aliphatic hydroxyl groups excluding tert-OH is 1. The first kappa shape index (κ1) is 13.9. The summed E-state index contributed by atoms with van der Waals surface area (Å²) < 4.78 is 28.5. The Morgan fingerprint density at radius 1 is 1.37 bits per heavy atom. The van der Waals surface area contributed by atoms with Gasteiger partial charge < -0.3 is 5.11 Å². The van der Waals surface area contributed by atoms with Crippen molar-refractivity contribution in [1.29, 1.82) is 0 Å². The van der Waals surface area contributed by atoms with Gasteiger partial charge in [0.25, 0.3) is 0 Å². The molecular formula is C12H12ClF2N3O. The van der Waals surface area contributed by atoms with Crippen LogP contribution in [0.2, 0.25) is 5.02 Å². The number of benzene rings is 1. The van der Waals surface area contributed by atoms with Crippen molar-refractivity contribution in [2.75, 3.05) is 0 Å². The highest BCUT2D eigenvalue weighted by molar-refractivity contribution is 6.30. The van der Waals surface area contributed by atoms with Gasteiger partial charge in [-0.3, -0.25) is 4.68 Å². The van der Waals surface area contributed by atoms with Crippen LogP contribution in [0.1, 0.15) is 24.4 Å². The van der Waals surface area contributed by atoms with Gasteiger partial charge in [0.05, 0.1) is 11.1 Å². The van der Waals surface area contributed by atoms with Crippen LogP contribution in [0.3, 0.4) is 0 Å². The van der Waals surface area contributed by atoms with Gasteiger partial charge >= 0.3 is 0 Å². The third-order valence-corrected chi connectivity index (χ3v) is 3.06. The lowest BCUT2D eigenvalue weighted by Crippen LogP contribution is -2.11. The van der Waals surface area contributed by atoms with Crippen LogP contribution in [-0.2, 0) is 13.0 Å². The van der Waals surface area contributed by atoms with E-state index in [-0.39, 0.29) is 17.0 Å². The van der Waals surface area contributed by atoms with E-state index >= 15 is 0 Å². The first-order valence-corrected chi connectivity index (χ1v) is 6.10. The van der Waals surface area contributed by atoms with E-state index in [1.54, 1.807) is 4.68 Å². The summed E-state index contributed by atoms with van der Waals surface area (Å²) in [4.78, 5) is 3.97. The van der Waals surface area contributed by atoms with Crippen LogP contribution in [0.4, 0.5) is 8.78 Å². The largest absolute Gasteiger partial charge is 0.388 e. The van der Waals surface area contributed by atoms with Crippen LogP contribution in [0, 0.1) is 11.6 Å². The number of halogens is 3. The average Bonchev–Trinajstić information content (AvgIpc) is 2.80. The highest BCUT2D eigenvalue weighted by Crippen LogP contribution is 2.25. The van der Waals surface area contributed by atoms with Gasteiger partial charge in [-0.25, -0.2) is 13.8 Å². The predicted molar refractivity (Wildman–Crippen MR) is 65.7 cm³/mol. The normalized spacial score (nSPS) is 12.7. The van der Waals surface area contributed by atoms with E-state index in [9.17, 15) is 13.9 Å². The van der Waals surface area contributed by atoms with Gasteiger partial charge in [-0.2, -0.15) is 5.10 Å². The maximum absolute atomic E-state index is 13.6. The van der Waals surface area contributed by atoms with E-state index in [0.717, 1.165) is 12.1 Å². The van der Waals surface area contributed by atoms with Crippen molar-refractivity contribution in [3.8, 4) is 0 Å². The topological polar surface area (TPSA) is 50.9 Å². The second-order valence-corrected chi connectivity index (χ2v) is 4.41. The summed E-state index contributed by atoms with van der Waals surface area (Å²) in [6.45, 7) is 2.45. The zero-order valence-corrected chi connectivity index (χ0v) is 10.9. The Hall–Kier alpha value is -1.53. The van der Waals surface area contributed by atoms with Crippen molar-refractivity contribution in [2.24, 2.45) is 0 Å². The fourth-order valence-corrected chi connectivity index (χ4v) is 1.94. The van der Waals surface area contributed by atoms with Crippen LogP contribution in [0.5, 0.6) is 0 Å². The first-order chi connectivity index (χ1) is 9.02. The Balaban J connectivity index is 2.25. The van der Waals surface area contributed by atoms with Crippen molar-refractivity contribution in [2.45, 2.75) is 26.0 Å². The van der Waals surface area contributed by atoms with E-state index in [0.29, 0.717) is 12.4 Å². The van der Waals surface area contributed by atoms with Gasteiger partial charge in [0.2, 0.25) is 0 Å². The fourth-order valence-electron chi connectivity index (χ4n) is 1.79. The molecule has 1 N–H and O–H groups in total. The summed E-state index contributed by atoms with van der Waals surface area (Å²) >= 11 is 5.46. The standard InChI is InChI=1S/C12H12ClF2N3O/c1-2-18-12(16-6-17-18)5-11(19)7-3-10(15)8(13)4-9(7)14/h3-4,6,11,19H,2,5H2,1H3. The van der Waals surface area contributed by atoms with E-state index in [4.69, 9.17) is 11.6 Å². The third kappa shape index (κ3) is 2.90. The van der Waals surface area contributed by atoms with E-state index < -0.39 is 17.7 Å². The molecule has 1 aromatic carbocycles. The van der Waals surface area contributed by atoms with Crippen molar-refractivity contribution in [3.63, 3.8) is 0 Å². The molecule has 4 nitrogen and oxygen atoms in total. The number of nitrogens with zero attached hydrogens (tertiary/aromatic N) is 3. The molecule has 0 aliphatic rings. The van der Waals surface area contributed by atoms with E-state index in [2.05, 4.69) is 10.1 Å². The van der Waals surface area contributed by atoms with Gasteiger partial charge in [-0.05, 0) is 19.1 Å². The molecule has 0 saturated heterocycles. The lowest BCUT2D eigenvalue weighted by atomic mass is 10.1. The van der Waals surface area contributed by atoms with E-state index in [1.807, 2.05) is 6.92 Å². The molecule has 0 radical (unpaired) electrons. The third-order valence-electron chi connectivity index (χ3n) is 2.77. The van der Waals surface area contributed by atoms with Crippen LogP contribution in [-0.4, -0.2) is 19.9 Å². The molecule has 1 aromatic heterocycles. The minimum absolute atomic E-state index is 0.0475. The maximum Gasteiger partial charge on any atom is 0.142 e. The van der Waals surface area contributed by atoms with Gasteiger partial charge in [-0.15, -0.1) is 0 Å². The zero-order chi connectivity index (χ0) is 14.0. The number of hydrogen-bond acceptors (Lipinski definition) is 3. The van der Waals surface area contributed by atoms with E-state index in [1.165, 1.54) is 6.33 Å². The van der Waals surface area contributed by atoms with Crippen LogP contribution in [0.25, 0.3) is 0 Å². The number of aromatic nitrogens is 3. The molecule has 102 valence electrons. The highest BCUT2D eigenvalue weighted by atomic mass is 35.5. The molecule has 2 rings (SSSR count). The SMILES string of the molecule is CCn1ncnc1CC(O)c1cc(F)c(Cl)cc1F. The smallest absolute Gasteiger partial charge is 0.142 e. The number of rotatable bonds is 4. The molecular weight excluding hydrogens is 276 g/mol. The second kappa shape index (κ2) is 5.63. The Morgan fingerprint density at radius 3 is 2.79 bits per heavy atom. The summed E-state index contributed by atoms with van der Waals surface area (Å²) in [7, 11) is 0. The number of aliphatic hydroxyl groups is 1. The average molecular weight is 288 g/mol. The maximum atomic E-state index is 13.6. The lowest BCUT2D eigenvalue weighted by Gasteiger charge is -2.12. The number of hydrogen-bond donors (Lipinski definition) is 1. The summed E-state index contributed by atoms with van der Waals surface area (Å²) in [5.74, 6) is -1.01. The zero-order valence-electron chi connectivity index (χ0n) is 10.1. The Bertz CT molecular complexity index is 588. The molecule has 0 fully saturated rings. The Labute approximate surface area is 113 Å². The van der Waals surface area contributed by atoms with Gasteiger partial charge in [-0.1, -0.05) is 11.6 Å². The van der Waals surface area contributed by atoms with Gasteiger partial charge in [0.15, 0.2) is 0 Å². The molecule has 0 saturated carbocycles. The molecule has 19 heavy (non-hydrogen) atoms. The molecule has 7 heteroatoms. The molecule has 1 heterocycles. The molecule has 0 spiro atoms. The molecule has 0 aliphatic carbocycles. The highest BCUT2D eigenvalue weighted by Gasteiger charge is 2.18.